The van der Waals surface area contributed by atoms with E-state index in [4.69, 9.17) is 11.6 Å². The average molecular weight is 381 g/mol. The molecule has 3 aromatic rings. The van der Waals surface area contributed by atoms with Crippen molar-refractivity contribution in [1.82, 2.24) is 19.4 Å². The first kappa shape index (κ1) is 17.8. The largest absolute Gasteiger partial charge is 0.329 e. The second-order valence-electron chi connectivity index (χ2n) is 6.61. The first-order valence-electron chi connectivity index (χ1n) is 9.04. The summed E-state index contributed by atoms with van der Waals surface area (Å²) in [6.45, 7) is 2.91. The normalized spacial score (nSPS) is 16.3. The maximum atomic E-state index is 12.5. The molecule has 0 N–H and O–H groups in total. The molecule has 1 saturated heterocycles. The molecule has 1 fully saturated rings. The number of carbonyl (C=O) groups is 1. The number of carbonyl (C=O) groups excluding carboxylic acids is 1. The molecule has 1 aliphatic rings. The van der Waals surface area contributed by atoms with Crippen LogP contribution in [0, 0.1) is 0 Å². The predicted molar refractivity (Wildman–Crippen MR) is 106 cm³/mol. The first-order chi connectivity index (χ1) is 13.2. The lowest BCUT2D eigenvalue weighted by Gasteiger charge is -2.39. The van der Waals surface area contributed by atoms with Crippen LogP contribution in [0.15, 0.2) is 73.3 Å². The van der Waals surface area contributed by atoms with Gasteiger partial charge in [-0.1, -0.05) is 60.1 Å². The topological polar surface area (TPSA) is 41.4 Å². The third kappa shape index (κ3) is 3.75. The number of hydrogen-bond acceptors (Lipinski definition) is 3. The smallest absolute Gasteiger partial charge is 0.321 e. The molecule has 4 rings (SSSR count). The van der Waals surface area contributed by atoms with Gasteiger partial charge in [0.25, 0.3) is 0 Å². The molecule has 5 nitrogen and oxygen atoms in total. The van der Waals surface area contributed by atoms with Crippen LogP contribution in [0.25, 0.3) is 0 Å². The number of halogens is 1. The molecule has 1 aromatic heterocycles. The molecule has 27 heavy (non-hydrogen) atoms. The van der Waals surface area contributed by atoms with Gasteiger partial charge in [-0.3, -0.25) is 9.47 Å². The maximum Gasteiger partial charge on any atom is 0.329 e. The van der Waals surface area contributed by atoms with Gasteiger partial charge in [-0.2, -0.15) is 0 Å². The summed E-state index contributed by atoms with van der Waals surface area (Å²) in [5, 5.41) is 0.767. The molecule has 2 heterocycles. The molecule has 1 aliphatic heterocycles. The van der Waals surface area contributed by atoms with Crippen LogP contribution >= 0.6 is 11.6 Å². The molecular formula is C21H21ClN4O. The van der Waals surface area contributed by atoms with Crippen molar-refractivity contribution in [3.8, 4) is 0 Å². The Morgan fingerprint density at radius 1 is 0.963 bits per heavy atom. The second-order valence-corrected chi connectivity index (χ2v) is 7.02. The van der Waals surface area contributed by atoms with E-state index in [1.807, 2.05) is 29.2 Å². The van der Waals surface area contributed by atoms with E-state index < -0.39 is 0 Å². The van der Waals surface area contributed by atoms with Gasteiger partial charge in [0.1, 0.15) is 6.33 Å². The van der Waals surface area contributed by atoms with Gasteiger partial charge in [0.15, 0.2) is 0 Å². The quantitative estimate of drug-likeness (QED) is 0.691. The highest BCUT2D eigenvalue weighted by Crippen LogP contribution is 2.33. The van der Waals surface area contributed by atoms with E-state index in [0.29, 0.717) is 13.1 Å². The zero-order valence-electron chi connectivity index (χ0n) is 14.9. The van der Waals surface area contributed by atoms with Crippen molar-refractivity contribution in [2.45, 2.75) is 6.04 Å². The van der Waals surface area contributed by atoms with Gasteiger partial charge < -0.3 is 4.90 Å². The van der Waals surface area contributed by atoms with Crippen molar-refractivity contribution in [2.75, 3.05) is 26.2 Å². The molecule has 0 bridgehead atoms. The third-order valence-corrected chi connectivity index (χ3v) is 5.33. The van der Waals surface area contributed by atoms with E-state index >= 15 is 0 Å². The van der Waals surface area contributed by atoms with Crippen molar-refractivity contribution in [2.24, 2.45) is 0 Å². The van der Waals surface area contributed by atoms with E-state index in [0.717, 1.165) is 23.7 Å². The van der Waals surface area contributed by atoms with Crippen molar-refractivity contribution < 1.29 is 4.79 Å². The second kappa shape index (κ2) is 7.94. The number of rotatable bonds is 3. The number of benzene rings is 2. The Hall–Kier alpha value is -2.63. The van der Waals surface area contributed by atoms with Crippen LogP contribution in [-0.2, 0) is 0 Å². The Balaban J connectivity index is 1.56. The fraction of sp³-hybridized carbons (Fsp3) is 0.238. The van der Waals surface area contributed by atoms with Crippen LogP contribution in [0.3, 0.4) is 0 Å². The van der Waals surface area contributed by atoms with Crippen LogP contribution in [0.4, 0.5) is 4.79 Å². The SMILES string of the molecule is O=C(N1CCN(C(c2ccccc2)c2ccccc2Cl)CC1)n1ccnc1. The Labute approximate surface area is 163 Å². The van der Waals surface area contributed by atoms with Crippen LogP contribution < -0.4 is 0 Å². The molecule has 6 heteroatoms. The van der Waals surface area contributed by atoms with Gasteiger partial charge in [0, 0.05) is 43.6 Å². The molecule has 1 atom stereocenters. The lowest BCUT2D eigenvalue weighted by molar-refractivity contribution is 0.121. The van der Waals surface area contributed by atoms with Crippen LogP contribution in [0.5, 0.6) is 0 Å². The number of imidazole rings is 1. The molecule has 0 saturated carbocycles. The highest BCUT2D eigenvalue weighted by atomic mass is 35.5. The third-order valence-electron chi connectivity index (χ3n) is 4.99. The van der Waals surface area contributed by atoms with Gasteiger partial charge in [0.2, 0.25) is 0 Å². The summed E-state index contributed by atoms with van der Waals surface area (Å²) in [6, 6.07) is 18.4. The molecule has 2 aromatic carbocycles. The molecule has 1 amide bonds. The lowest BCUT2D eigenvalue weighted by Crippen LogP contribution is -2.50. The Kier molecular flexibility index (Phi) is 5.23. The van der Waals surface area contributed by atoms with Crippen LogP contribution in [-0.4, -0.2) is 51.6 Å². The van der Waals surface area contributed by atoms with Gasteiger partial charge in [-0.15, -0.1) is 0 Å². The highest BCUT2D eigenvalue weighted by molar-refractivity contribution is 6.31. The average Bonchev–Trinajstić information content (AvgIpc) is 3.25. The predicted octanol–water partition coefficient (Wildman–Crippen LogP) is 3.91. The first-order valence-corrected chi connectivity index (χ1v) is 9.42. The number of piperazine rings is 1. The number of nitrogens with zero attached hydrogens (tertiary/aromatic N) is 4. The monoisotopic (exact) mass is 380 g/mol. The van der Waals surface area contributed by atoms with E-state index in [-0.39, 0.29) is 12.1 Å². The van der Waals surface area contributed by atoms with E-state index in [1.165, 1.54) is 10.1 Å². The minimum absolute atomic E-state index is 0.0267. The molecule has 1 unspecified atom stereocenters. The molecule has 0 aliphatic carbocycles. The van der Waals surface area contributed by atoms with Gasteiger partial charge in [-0.25, -0.2) is 9.78 Å². The lowest BCUT2D eigenvalue weighted by atomic mass is 9.96. The van der Waals surface area contributed by atoms with E-state index in [2.05, 4.69) is 40.2 Å². The summed E-state index contributed by atoms with van der Waals surface area (Å²) in [5.74, 6) is 0. The van der Waals surface area contributed by atoms with Gasteiger partial charge in [0.05, 0.1) is 6.04 Å². The van der Waals surface area contributed by atoms with Gasteiger partial charge in [-0.05, 0) is 17.2 Å². The fourth-order valence-corrected chi connectivity index (χ4v) is 3.87. The zero-order chi connectivity index (χ0) is 18.6. The Morgan fingerprint density at radius 2 is 1.67 bits per heavy atom. The van der Waals surface area contributed by atoms with Crippen LogP contribution in [0.2, 0.25) is 5.02 Å². The minimum atomic E-state index is -0.0267. The summed E-state index contributed by atoms with van der Waals surface area (Å²) >= 11 is 6.53. The fourth-order valence-electron chi connectivity index (χ4n) is 3.63. The van der Waals surface area contributed by atoms with Crippen molar-refractivity contribution >= 4 is 17.6 Å². The zero-order valence-corrected chi connectivity index (χ0v) is 15.7. The van der Waals surface area contributed by atoms with E-state index in [9.17, 15) is 4.79 Å². The maximum absolute atomic E-state index is 12.5. The number of hydrogen-bond donors (Lipinski definition) is 0. The molecular weight excluding hydrogens is 360 g/mol. The molecule has 138 valence electrons. The van der Waals surface area contributed by atoms with E-state index in [1.54, 1.807) is 18.7 Å². The summed E-state index contributed by atoms with van der Waals surface area (Å²) < 4.78 is 1.53. The highest BCUT2D eigenvalue weighted by Gasteiger charge is 2.29. The standard InChI is InChI=1S/C21H21ClN4O/c22-19-9-5-4-8-18(19)20(17-6-2-1-3-7-17)24-12-14-25(15-13-24)21(27)26-11-10-23-16-26/h1-11,16,20H,12-15H2. The summed E-state index contributed by atoms with van der Waals surface area (Å²) in [5.41, 5.74) is 2.31. The number of aromatic nitrogens is 2. The molecule has 0 radical (unpaired) electrons. The van der Waals surface area contributed by atoms with Crippen molar-refractivity contribution in [3.63, 3.8) is 0 Å². The summed E-state index contributed by atoms with van der Waals surface area (Å²) in [4.78, 5) is 20.8. The number of amides is 1. The van der Waals surface area contributed by atoms with Crippen molar-refractivity contribution in [1.29, 1.82) is 0 Å². The molecule has 0 spiro atoms. The van der Waals surface area contributed by atoms with Gasteiger partial charge >= 0.3 is 6.03 Å². The Morgan fingerprint density at radius 3 is 2.33 bits per heavy atom. The summed E-state index contributed by atoms with van der Waals surface area (Å²) in [6.07, 6.45) is 4.85. The summed E-state index contributed by atoms with van der Waals surface area (Å²) in [7, 11) is 0. The van der Waals surface area contributed by atoms with Crippen LogP contribution in [0.1, 0.15) is 17.2 Å². The minimum Gasteiger partial charge on any atom is -0.321 e. The van der Waals surface area contributed by atoms with Crippen molar-refractivity contribution in [3.05, 3.63) is 89.5 Å². The Bertz CT molecular complexity index is 890.